The average molecular weight is 996 g/mol. The minimum Gasteiger partial charge on any atom is -0.456 e. The summed E-state index contributed by atoms with van der Waals surface area (Å²) in [5.74, 6) is 0. The molecule has 5 heteroatoms. The number of aryl methyl sites for hydroxylation is 1. The fraction of sp³-hybridized carbons (Fsp3) is 0.167. The Morgan fingerprint density at radius 1 is 0.442 bits per heavy atom. The van der Waals surface area contributed by atoms with Crippen molar-refractivity contribution in [2.24, 2.45) is 0 Å². The molecule has 11 aromatic rings. The second-order valence-corrected chi connectivity index (χ2v) is 24.3. The van der Waals surface area contributed by atoms with Gasteiger partial charge >= 0.3 is 0 Å². The molecule has 77 heavy (non-hydrogen) atoms. The molecular formula is C72H62BN3O. The highest BCUT2D eigenvalue weighted by atomic mass is 16.3. The monoisotopic (exact) mass is 995 g/mol. The van der Waals surface area contributed by atoms with Crippen molar-refractivity contribution in [1.29, 1.82) is 0 Å². The maximum absolute atomic E-state index is 6.65. The van der Waals surface area contributed by atoms with E-state index >= 15 is 0 Å². The SMILES string of the molecule is Cc1cc2c3c(c1)N(c1ccc4c(c1)oc1ccccc14)c1cc(C(C)(C)C)ccc1B3c1ccc(N(c3ccccc3)c3ccc(C(C)(C)C)cc3-c3ccccc3)cc1N2c1ccc2c(c1)C(C)(C)c1ccccc1-2. The molecule has 0 fully saturated rings. The molecule has 4 nitrogen and oxygen atoms in total. The van der Waals surface area contributed by atoms with Gasteiger partial charge in [0.15, 0.2) is 0 Å². The van der Waals surface area contributed by atoms with Gasteiger partial charge < -0.3 is 19.1 Å². The second-order valence-electron chi connectivity index (χ2n) is 24.3. The molecule has 0 radical (unpaired) electrons. The van der Waals surface area contributed by atoms with Gasteiger partial charge in [-0.15, -0.1) is 0 Å². The fourth-order valence-corrected chi connectivity index (χ4v) is 13.0. The number of para-hydroxylation sites is 2. The highest BCUT2D eigenvalue weighted by Gasteiger charge is 2.45. The zero-order valence-corrected chi connectivity index (χ0v) is 45.5. The molecule has 0 bridgehead atoms. The van der Waals surface area contributed by atoms with Crippen molar-refractivity contribution in [2.75, 3.05) is 14.7 Å². The maximum Gasteiger partial charge on any atom is 0.252 e. The molecule has 1 aromatic heterocycles. The first kappa shape index (κ1) is 47.0. The van der Waals surface area contributed by atoms with Gasteiger partial charge in [-0.2, -0.15) is 0 Å². The van der Waals surface area contributed by atoms with Gasteiger partial charge in [-0.1, -0.05) is 177 Å². The van der Waals surface area contributed by atoms with Crippen LogP contribution in [0.3, 0.4) is 0 Å². The molecule has 374 valence electrons. The Bertz CT molecular complexity index is 4190. The van der Waals surface area contributed by atoms with Gasteiger partial charge in [-0.3, -0.25) is 0 Å². The van der Waals surface area contributed by atoms with Crippen LogP contribution in [0.15, 0.2) is 217 Å². The summed E-state index contributed by atoms with van der Waals surface area (Å²) in [6, 6.07) is 79.8. The molecule has 3 heterocycles. The lowest BCUT2D eigenvalue weighted by Gasteiger charge is -2.45. The zero-order chi connectivity index (χ0) is 52.7. The molecule has 10 aromatic carbocycles. The van der Waals surface area contributed by atoms with E-state index in [1.54, 1.807) is 0 Å². The van der Waals surface area contributed by atoms with Crippen molar-refractivity contribution in [2.45, 2.75) is 78.6 Å². The first-order chi connectivity index (χ1) is 37.1. The van der Waals surface area contributed by atoms with E-state index in [-0.39, 0.29) is 23.0 Å². The van der Waals surface area contributed by atoms with E-state index < -0.39 is 0 Å². The highest BCUT2D eigenvalue weighted by Crippen LogP contribution is 2.53. The summed E-state index contributed by atoms with van der Waals surface area (Å²) < 4.78 is 6.65. The van der Waals surface area contributed by atoms with E-state index in [1.807, 2.05) is 0 Å². The maximum atomic E-state index is 6.65. The van der Waals surface area contributed by atoms with Gasteiger partial charge in [0.2, 0.25) is 0 Å². The fourth-order valence-electron chi connectivity index (χ4n) is 13.0. The van der Waals surface area contributed by atoms with Gasteiger partial charge in [0.25, 0.3) is 6.71 Å². The molecule has 0 unspecified atom stereocenters. The largest absolute Gasteiger partial charge is 0.456 e. The van der Waals surface area contributed by atoms with Crippen molar-refractivity contribution in [3.63, 3.8) is 0 Å². The lowest BCUT2D eigenvalue weighted by molar-refractivity contribution is 0.590. The van der Waals surface area contributed by atoms with Crippen molar-refractivity contribution in [1.82, 2.24) is 0 Å². The van der Waals surface area contributed by atoms with E-state index in [9.17, 15) is 0 Å². The number of nitrogens with zero attached hydrogens (tertiary/aromatic N) is 3. The van der Waals surface area contributed by atoms with E-state index in [0.717, 1.165) is 50.4 Å². The van der Waals surface area contributed by atoms with Crippen LogP contribution in [0.1, 0.15) is 83.2 Å². The third kappa shape index (κ3) is 7.34. The molecule has 1 aliphatic carbocycles. The van der Waals surface area contributed by atoms with Crippen molar-refractivity contribution in [3.05, 3.63) is 240 Å². The predicted octanol–water partition coefficient (Wildman–Crippen LogP) is 18.0. The molecule has 2 aliphatic heterocycles. The Morgan fingerprint density at radius 2 is 1.03 bits per heavy atom. The summed E-state index contributed by atoms with van der Waals surface area (Å²) in [4.78, 5) is 7.61. The molecule has 0 spiro atoms. The van der Waals surface area contributed by atoms with E-state index in [1.165, 1.54) is 89.2 Å². The van der Waals surface area contributed by atoms with Crippen molar-refractivity contribution in [3.8, 4) is 22.3 Å². The average Bonchev–Trinajstić information content (AvgIpc) is 4.02. The van der Waals surface area contributed by atoms with Crippen molar-refractivity contribution >= 4 is 96.2 Å². The van der Waals surface area contributed by atoms with Crippen LogP contribution in [0.5, 0.6) is 0 Å². The van der Waals surface area contributed by atoms with Crippen LogP contribution in [0.25, 0.3) is 44.2 Å². The standard InChI is InChI=1S/C72H62BN3O/c1-45-38-65-69-66(39-45)76(52-31-34-56-55-25-17-19-27-67(55)77-68(56)44-52)63-41-48(71(5,6)7)28-35-60(63)73(69)61-36-32-51(43-64(61)75(65)50-30-33-54-53-24-16-18-26-58(53)72(8,9)59(54)42-50)74(49-22-14-11-15-23-49)62-37-29-47(70(2,3)4)40-57(62)46-20-12-10-13-21-46/h10-44H,1-9H3. The molecule has 0 amide bonds. The lowest BCUT2D eigenvalue weighted by Crippen LogP contribution is -2.61. The van der Waals surface area contributed by atoms with Gasteiger partial charge in [0, 0.05) is 73.3 Å². The van der Waals surface area contributed by atoms with Crippen LogP contribution in [0, 0.1) is 6.92 Å². The minimum atomic E-state index is -0.191. The summed E-state index contributed by atoms with van der Waals surface area (Å²) in [6.07, 6.45) is 0. The predicted molar refractivity (Wildman–Crippen MR) is 328 cm³/mol. The van der Waals surface area contributed by atoms with Crippen LogP contribution in [-0.4, -0.2) is 6.71 Å². The Morgan fingerprint density at radius 3 is 1.77 bits per heavy atom. The van der Waals surface area contributed by atoms with E-state index in [0.29, 0.717) is 0 Å². The number of hydrogen-bond acceptors (Lipinski definition) is 4. The number of anilines is 9. The molecule has 0 saturated heterocycles. The molecular weight excluding hydrogens is 934 g/mol. The molecule has 0 saturated carbocycles. The zero-order valence-electron chi connectivity index (χ0n) is 45.5. The Kier molecular flexibility index (Phi) is 10.4. The van der Waals surface area contributed by atoms with Crippen LogP contribution >= 0.6 is 0 Å². The third-order valence-corrected chi connectivity index (χ3v) is 17.0. The third-order valence-electron chi connectivity index (χ3n) is 17.0. The molecule has 0 atom stereocenters. The normalized spacial score (nSPS) is 14.1. The van der Waals surface area contributed by atoms with Gasteiger partial charge in [-0.05, 0) is 164 Å². The summed E-state index contributed by atoms with van der Waals surface area (Å²) >= 11 is 0. The van der Waals surface area contributed by atoms with Crippen LogP contribution < -0.4 is 31.1 Å². The summed E-state index contributed by atoms with van der Waals surface area (Å²) in [7, 11) is 0. The Balaban J connectivity index is 1.05. The van der Waals surface area contributed by atoms with Gasteiger partial charge in [-0.25, -0.2) is 0 Å². The molecule has 0 N–H and O–H groups in total. The van der Waals surface area contributed by atoms with E-state index in [4.69, 9.17) is 4.42 Å². The smallest absolute Gasteiger partial charge is 0.252 e. The number of furan rings is 1. The Hall–Kier alpha value is -8.54. The summed E-state index contributed by atoms with van der Waals surface area (Å²) in [5.41, 5.74) is 27.1. The van der Waals surface area contributed by atoms with Crippen LogP contribution in [0.4, 0.5) is 51.2 Å². The van der Waals surface area contributed by atoms with Crippen LogP contribution in [-0.2, 0) is 16.2 Å². The lowest BCUT2D eigenvalue weighted by atomic mass is 9.33. The quantitative estimate of drug-likeness (QED) is 0.155. The van der Waals surface area contributed by atoms with E-state index in [2.05, 4.69) is 289 Å². The number of hydrogen-bond donors (Lipinski definition) is 0. The van der Waals surface area contributed by atoms with Gasteiger partial charge in [0.05, 0.1) is 5.69 Å². The topological polar surface area (TPSA) is 22.9 Å². The summed E-state index contributed by atoms with van der Waals surface area (Å²) in [5, 5.41) is 2.25. The highest BCUT2D eigenvalue weighted by molar-refractivity contribution is 7.00. The molecule has 3 aliphatic rings. The summed E-state index contributed by atoms with van der Waals surface area (Å²) in [6.45, 7) is 20.9. The number of benzene rings is 10. The Labute approximate surface area is 454 Å². The minimum absolute atomic E-state index is 0.0399. The second kappa shape index (κ2) is 17.0. The number of fused-ring (bicyclic) bond motifs is 10. The first-order valence-corrected chi connectivity index (χ1v) is 27.4. The van der Waals surface area contributed by atoms with Crippen LogP contribution in [0.2, 0.25) is 0 Å². The van der Waals surface area contributed by atoms with Crippen molar-refractivity contribution < 1.29 is 4.42 Å². The molecule has 14 rings (SSSR count). The van der Waals surface area contributed by atoms with Gasteiger partial charge in [0.1, 0.15) is 11.2 Å². The number of rotatable bonds is 6. The first-order valence-electron chi connectivity index (χ1n) is 27.4.